The van der Waals surface area contributed by atoms with Crippen LogP contribution in [-0.2, 0) is 24.2 Å². The molecule has 0 atom stereocenters. The Labute approximate surface area is 262 Å². The Hall–Kier alpha value is -3.31. The molecule has 1 saturated carbocycles. The van der Waals surface area contributed by atoms with Gasteiger partial charge in [0, 0.05) is 86.7 Å². The van der Waals surface area contributed by atoms with Crippen LogP contribution in [-0.4, -0.2) is 76.0 Å². The number of halogens is 2. The molecule has 2 aromatic heterocycles. The van der Waals surface area contributed by atoms with E-state index < -0.39 is 6.43 Å². The van der Waals surface area contributed by atoms with Gasteiger partial charge in [-0.2, -0.15) is 5.10 Å². The van der Waals surface area contributed by atoms with Crippen LogP contribution >= 0.6 is 0 Å². The fourth-order valence-electron chi connectivity index (χ4n) is 8.76. The number of alkyl halides is 2. The quantitative estimate of drug-likeness (QED) is 0.396. The normalized spacial score (nSPS) is 22.5. The van der Waals surface area contributed by atoms with Crippen LogP contribution in [0, 0.1) is 5.41 Å². The second-order valence-corrected chi connectivity index (χ2v) is 14.0. The van der Waals surface area contributed by atoms with E-state index in [9.17, 15) is 13.6 Å². The number of aryl methyl sites for hydroxylation is 1. The fraction of sp³-hybridized carbons (Fsp3) is 0.618. The van der Waals surface area contributed by atoms with E-state index in [0.717, 1.165) is 67.8 Å². The largest absolute Gasteiger partial charge is 0.364 e. The molecule has 6 heterocycles. The summed E-state index contributed by atoms with van der Waals surface area (Å²) in [5.41, 5.74) is 5.65. The molecule has 8 rings (SSSR count). The Balaban J connectivity index is 1.09. The van der Waals surface area contributed by atoms with Crippen LogP contribution in [0.25, 0.3) is 11.1 Å². The molecule has 2 saturated heterocycles. The first-order chi connectivity index (χ1) is 21.9. The first-order valence-electron chi connectivity index (χ1n) is 16.8. The van der Waals surface area contributed by atoms with Gasteiger partial charge in [0.1, 0.15) is 6.26 Å². The molecule has 5 aliphatic rings. The SMILES string of the molecule is CC(=O)N1CCc2c(c(N3CCCc4cc(-c5cnoc5)c(C(F)F)cc43)nn2C2CCN(C3CCC4(CC3)CNC4)CC2)C1. The number of rotatable bonds is 5. The molecule has 3 aromatic rings. The zero-order valence-corrected chi connectivity index (χ0v) is 26.1. The summed E-state index contributed by atoms with van der Waals surface area (Å²) in [5.74, 6) is 0.876. The average molecular weight is 620 g/mol. The average Bonchev–Trinajstić information content (AvgIpc) is 3.72. The van der Waals surface area contributed by atoms with E-state index in [4.69, 9.17) is 9.62 Å². The number of anilines is 2. The van der Waals surface area contributed by atoms with Gasteiger partial charge < -0.3 is 24.5 Å². The summed E-state index contributed by atoms with van der Waals surface area (Å²) in [5, 5.41) is 12.6. The van der Waals surface area contributed by atoms with Gasteiger partial charge in [0.15, 0.2) is 5.82 Å². The number of nitrogens with one attached hydrogen (secondary N) is 1. The Morgan fingerprint density at radius 2 is 1.84 bits per heavy atom. The third kappa shape index (κ3) is 5.16. The van der Waals surface area contributed by atoms with Crippen molar-refractivity contribution in [3.05, 3.63) is 47.0 Å². The van der Waals surface area contributed by atoms with E-state index in [1.54, 1.807) is 13.0 Å². The first-order valence-corrected chi connectivity index (χ1v) is 16.8. The molecule has 1 N–H and O–H groups in total. The van der Waals surface area contributed by atoms with Gasteiger partial charge in [-0.25, -0.2) is 8.78 Å². The van der Waals surface area contributed by atoms with Crippen molar-refractivity contribution < 1.29 is 18.1 Å². The number of hydrogen-bond donors (Lipinski definition) is 1. The van der Waals surface area contributed by atoms with Crippen LogP contribution in [0.2, 0.25) is 0 Å². The molecule has 1 aromatic carbocycles. The number of piperidine rings is 1. The van der Waals surface area contributed by atoms with Crippen LogP contribution in [0.4, 0.5) is 20.3 Å². The van der Waals surface area contributed by atoms with Crippen molar-refractivity contribution in [3.63, 3.8) is 0 Å². The summed E-state index contributed by atoms with van der Waals surface area (Å²) in [4.78, 5) is 19.3. The van der Waals surface area contributed by atoms with E-state index in [1.165, 1.54) is 56.9 Å². The summed E-state index contributed by atoms with van der Waals surface area (Å²) in [6.07, 6.45) is 10.1. The van der Waals surface area contributed by atoms with Crippen molar-refractivity contribution in [1.29, 1.82) is 0 Å². The maximum atomic E-state index is 14.5. The van der Waals surface area contributed by atoms with Crippen LogP contribution < -0.4 is 10.2 Å². The van der Waals surface area contributed by atoms with Crippen molar-refractivity contribution in [2.75, 3.05) is 44.2 Å². The van der Waals surface area contributed by atoms with E-state index >= 15 is 0 Å². The Morgan fingerprint density at radius 1 is 1.04 bits per heavy atom. The van der Waals surface area contributed by atoms with Crippen molar-refractivity contribution in [2.24, 2.45) is 5.41 Å². The molecule has 1 spiro atoms. The second kappa shape index (κ2) is 11.5. The molecular weight excluding hydrogens is 576 g/mol. The van der Waals surface area contributed by atoms with Gasteiger partial charge in [0.2, 0.25) is 5.91 Å². The van der Waals surface area contributed by atoms with E-state index in [0.29, 0.717) is 48.3 Å². The molecule has 240 valence electrons. The number of benzene rings is 1. The molecule has 0 bridgehead atoms. The molecule has 1 amide bonds. The summed E-state index contributed by atoms with van der Waals surface area (Å²) in [6.45, 7) is 8.07. The number of fused-ring (bicyclic) bond motifs is 2. The number of amides is 1. The molecule has 0 radical (unpaired) electrons. The number of nitrogens with zero attached hydrogens (tertiary/aromatic N) is 6. The zero-order chi connectivity index (χ0) is 30.7. The van der Waals surface area contributed by atoms with Crippen LogP contribution in [0.5, 0.6) is 0 Å². The lowest BCUT2D eigenvalue weighted by Gasteiger charge is -2.50. The third-order valence-corrected chi connectivity index (χ3v) is 11.5. The minimum absolute atomic E-state index is 0.0305. The lowest BCUT2D eigenvalue weighted by molar-refractivity contribution is -0.129. The highest BCUT2D eigenvalue weighted by Gasteiger charge is 2.42. The number of carbonyl (C=O) groups excluding carboxylic acids is 1. The van der Waals surface area contributed by atoms with Gasteiger partial charge in [-0.1, -0.05) is 5.16 Å². The lowest BCUT2D eigenvalue weighted by Crippen LogP contribution is -2.57. The fourth-order valence-corrected chi connectivity index (χ4v) is 8.76. The van der Waals surface area contributed by atoms with E-state index in [2.05, 4.69) is 25.0 Å². The van der Waals surface area contributed by atoms with Gasteiger partial charge in [0.25, 0.3) is 6.43 Å². The van der Waals surface area contributed by atoms with Gasteiger partial charge in [-0.05, 0) is 80.0 Å². The predicted octanol–water partition coefficient (Wildman–Crippen LogP) is 5.63. The summed E-state index contributed by atoms with van der Waals surface area (Å²) >= 11 is 0. The van der Waals surface area contributed by atoms with Gasteiger partial charge in [-0.3, -0.25) is 9.48 Å². The van der Waals surface area contributed by atoms with Crippen molar-refractivity contribution in [3.8, 4) is 11.1 Å². The highest BCUT2D eigenvalue weighted by molar-refractivity contribution is 5.78. The Morgan fingerprint density at radius 3 is 2.51 bits per heavy atom. The van der Waals surface area contributed by atoms with Crippen LogP contribution in [0.3, 0.4) is 0 Å². The zero-order valence-electron chi connectivity index (χ0n) is 26.1. The topological polar surface area (TPSA) is 82.7 Å². The van der Waals surface area contributed by atoms with E-state index in [1.807, 2.05) is 11.0 Å². The Bertz CT molecular complexity index is 1550. The summed E-state index contributed by atoms with van der Waals surface area (Å²) in [6, 6.07) is 4.52. The van der Waals surface area contributed by atoms with Crippen LogP contribution in [0.1, 0.15) is 86.7 Å². The summed E-state index contributed by atoms with van der Waals surface area (Å²) < 4.78 is 36.2. The van der Waals surface area contributed by atoms with Crippen molar-refractivity contribution in [2.45, 2.75) is 89.8 Å². The second-order valence-electron chi connectivity index (χ2n) is 14.0. The smallest absolute Gasteiger partial charge is 0.264 e. The molecule has 4 aliphatic heterocycles. The van der Waals surface area contributed by atoms with Gasteiger partial charge >= 0.3 is 0 Å². The van der Waals surface area contributed by atoms with Gasteiger partial charge in [-0.15, -0.1) is 0 Å². The maximum Gasteiger partial charge on any atom is 0.264 e. The molecule has 3 fully saturated rings. The number of carbonyl (C=O) groups is 1. The number of likely N-dealkylation sites (tertiary alicyclic amines) is 1. The monoisotopic (exact) mass is 619 g/mol. The minimum atomic E-state index is -2.64. The standard InChI is InChI=1S/C34H43F2N7O2/c1-22(44)41-14-8-30-29(18-41)33(39-43(30)26-6-12-40(13-7-26)25-4-9-34(10-5-25)20-37-21-34)42-11-2-3-23-15-27(24-17-38-45-19-24)28(32(35)36)16-31(23)42/h15-17,19,25-26,32,37H,2-14,18,20-21H2,1H3. The Kier molecular flexibility index (Phi) is 7.43. The lowest BCUT2D eigenvalue weighted by atomic mass is 9.68. The highest BCUT2D eigenvalue weighted by atomic mass is 19.3. The highest BCUT2D eigenvalue weighted by Crippen LogP contribution is 2.45. The molecule has 1 aliphatic carbocycles. The van der Waals surface area contributed by atoms with Crippen LogP contribution in [0.15, 0.2) is 29.1 Å². The van der Waals surface area contributed by atoms with Crippen molar-refractivity contribution >= 4 is 17.4 Å². The molecule has 9 nitrogen and oxygen atoms in total. The maximum absolute atomic E-state index is 14.5. The predicted molar refractivity (Wildman–Crippen MR) is 167 cm³/mol. The molecule has 11 heteroatoms. The number of aromatic nitrogens is 3. The minimum Gasteiger partial charge on any atom is -0.364 e. The molecular formula is C34H43F2N7O2. The summed E-state index contributed by atoms with van der Waals surface area (Å²) in [7, 11) is 0. The molecule has 0 unspecified atom stereocenters. The first kappa shape index (κ1) is 29.1. The van der Waals surface area contributed by atoms with Crippen molar-refractivity contribution in [1.82, 2.24) is 30.1 Å². The van der Waals surface area contributed by atoms with E-state index in [-0.39, 0.29) is 11.5 Å². The molecule has 45 heavy (non-hydrogen) atoms. The number of hydrogen-bond acceptors (Lipinski definition) is 7. The third-order valence-electron chi connectivity index (χ3n) is 11.5. The van der Waals surface area contributed by atoms with Gasteiger partial charge in [0.05, 0.1) is 18.8 Å².